The lowest BCUT2D eigenvalue weighted by Gasteiger charge is -2.47. The van der Waals surface area contributed by atoms with E-state index >= 15 is 0 Å². The van der Waals surface area contributed by atoms with Crippen LogP contribution in [0.4, 0.5) is 0 Å². The zero-order valence-corrected chi connectivity index (χ0v) is 13.5. The van der Waals surface area contributed by atoms with Crippen LogP contribution < -0.4 is 11.3 Å². The van der Waals surface area contributed by atoms with Gasteiger partial charge in [-0.15, -0.1) is 0 Å². The number of rotatable bonds is 5. The van der Waals surface area contributed by atoms with Gasteiger partial charge in [-0.05, 0) is 57.3 Å². The molecule has 0 spiro atoms. The summed E-state index contributed by atoms with van der Waals surface area (Å²) in [4.78, 5) is 0. The predicted molar refractivity (Wildman–Crippen MR) is 84.3 cm³/mol. The summed E-state index contributed by atoms with van der Waals surface area (Å²) in [7, 11) is 0. The number of nitrogens with two attached hydrogens (primary N) is 1. The number of hydrazine groups is 1. The summed E-state index contributed by atoms with van der Waals surface area (Å²) in [6, 6.07) is 0.341. The Bertz CT molecular complexity index is 266. The lowest BCUT2D eigenvalue weighted by molar-refractivity contribution is -0.110. The van der Waals surface area contributed by atoms with Crippen LogP contribution in [0.1, 0.15) is 78.1 Å². The van der Waals surface area contributed by atoms with Gasteiger partial charge in [0.05, 0.1) is 11.6 Å². The van der Waals surface area contributed by atoms with Crippen LogP contribution in [0.2, 0.25) is 0 Å². The molecular weight excluding hydrogens is 248 g/mol. The van der Waals surface area contributed by atoms with Crippen LogP contribution in [0, 0.1) is 11.8 Å². The van der Waals surface area contributed by atoms with E-state index in [1.54, 1.807) is 0 Å². The van der Waals surface area contributed by atoms with E-state index in [0.717, 1.165) is 12.5 Å². The van der Waals surface area contributed by atoms with Crippen LogP contribution in [-0.2, 0) is 4.74 Å². The monoisotopic (exact) mass is 282 g/mol. The molecule has 2 fully saturated rings. The van der Waals surface area contributed by atoms with E-state index in [9.17, 15) is 0 Å². The minimum absolute atomic E-state index is 0.00891. The van der Waals surface area contributed by atoms with E-state index in [0.29, 0.717) is 12.0 Å². The molecule has 2 saturated carbocycles. The van der Waals surface area contributed by atoms with Crippen molar-refractivity contribution in [1.29, 1.82) is 0 Å². The number of hydrogen-bond donors (Lipinski definition) is 2. The second-order valence-corrected chi connectivity index (χ2v) is 7.08. The van der Waals surface area contributed by atoms with E-state index < -0.39 is 0 Å². The Morgan fingerprint density at radius 3 is 2.20 bits per heavy atom. The predicted octanol–water partition coefficient (Wildman–Crippen LogP) is 3.77. The second-order valence-electron chi connectivity index (χ2n) is 7.08. The summed E-state index contributed by atoms with van der Waals surface area (Å²) in [6.07, 6.45) is 13.1. The lowest BCUT2D eigenvalue weighted by atomic mass is 9.70. The Balaban J connectivity index is 2.11. The summed E-state index contributed by atoms with van der Waals surface area (Å²) in [5.41, 5.74) is 3.18. The maximum Gasteiger partial charge on any atom is 0.0850 e. The first-order valence-electron chi connectivity index (χ1n) is 8.82. The molecule has 1 atom stereocenters. The van der Waals surface area contributed by atoms with Crippen LogP contribution in [0.5, 0.6) is 0 Å². The van der Waals surface area contributed by atoms with E-state index in [4.69, 9.17) is 10.6 Å². The molecule has 0 heterocycles. The third-order valence-corrected chi connectivity index (χ3v) is 5.67. The Kier molecular flexibility index (Phi) is 6.31. The van der Waals surface area contributed by atoms with Crippen LogP contribution in [0.3, 0.4) is 0 Å². The van der Waals surface area contributed by atoms with Crippen LogP contribution >= 0.6 is 0 Å². The Morgan fingerprint density at radius 2 is 1.70 bits per heavy atom. The van der Waals surface area contributed by atoms with Gasteiger partial charge >= 0.3 is 0 Å². The molecule has 118 valence electrons. The van der Waals surface area contributed by atoms with Gasteiger partial charge in [0.15, 0.2) is 0 Å². The molecule has 0 aromatic rings. The van der Waals surface area contributed by atoms with E-state index in [1.807, 2.05) is 0 Å². The van der Waals surface area contributed by atoms with Crippen molar-refractivity contribution in [2.75, 3.05) is 6.61 Å². The van der Waals surface area contributed by atoms with Crippen molar-refractivity contribution >= 4 is 0 Å². The summed E-state index contributed by atoms with van der Waals surface area (Å²) in [6.45, 7) is 5.30. The Morgan fingerprint density at radius 1 is 1.10 bits per heavy atom. The number of ether oxygens (including phenoxy) is 1. The zero-order valence-electron chi connectivity index (χ0n) is 13.5. The highest BCUT2D eigenvalue weighted by molar-refractivity contribution is 4.99. The Hall–Kier alpha value is -0.120. The largest absolute Gasteiger partial charge is 0.374 e. The minimum Gasteiger partial charge on any atom is -0.374 e. The van der Waals surface area contributed by atoms with Crippen molar-refractivity contribution in [2.24, 2.45) is 17.7 Å². The number of nitrogens with one attached hydrogen (secondary N) is 1. The standard InChI is InChI=1S/C17H34N2O/c1-3-20-17(12-10-14(2)11-13-17)16(19-18)15-8-6-4-5-7-9-15/h14-16,19H,3-13,18H2,1-2H3. The first-order valence-corrected chi connectivity index (χ1v) is 8.82. The van der Waals surface area contributed by atoms with Gasteiger partial charge in [-0.25, -0.2) is 0 Å². The third kappa shape index (κ3) is 3.75. The summed E-state index contributed by atoms with van der Waals surface area (Å²) in [5, 5.41) is 0. The quantitative estimate of drug-likeness (QED) is 0.458. The van der Waals surface area contributed by atoms with Gasteiger partial charge in [0.25, 0.3) is 0 Å². The van der Waals surface area contributed by atoms with Crippen molar-refractivity contribution < 1.29 is 4.74 Å². The fourth-order valence-electron chi connectivity index (χ4n) is 4.45. The van der Waals surface area contributed by atoms with Gasteiger partial charge in [-0.1, -0.05) is 32.6 Å². The molecule has 0 aromatic carbocycles. The van der Waals surface area contributed by atoms with Crippen molar-refractivity contribution in [1.82, 2.24) is 5.43 Å². The highest BCUT2D eigenvalue weighted by Crippen LogP contribution is 2.41. The van der Waals surface area contributed by atoms with Crippen molar-refractivity contribution in [2.45, 2.75) is 89.7 Å². The summed E-state index contributed by atoms with van der Waals surface area (Å²) in [5.74, 6) is 7.55. The lowest BCUT2D eigenvalue weighted by Crippen LogP contribution is -2.59. The molecule has 0 radical (unpaired) electrons. The molecule has 20 heavy (non-hydrogen) atoms. The van der Waals surface area contributed by atoms with Crippen molar-refractivity contribution in [3.05, 3.63) is 0 Å². The molecule has 2 aliphatic carbocycles. The molecule has 0 aliphatic heterocycles. The van der Waals surface area contributed by atoms with E-state index in [2.05, 4.69) is 19.3 Å². The van der Waals surface area contributed by atoms with E-state index in [-0.39, 0.29) is 5.60 Å². The van der Waals surface area contributed by atoms with E-state index in [1.165, 1.54) is 64.2 Å². The molecule has 1 unspecified atom stereocenters. The molecule has 3 heteroatoms. The van der Waals surface area contributed by atoms with Crippen molar-refractivity contribution in [3.63, 3.8) is 0 Å². The average molecular weight is 282 g/mol. The normalized spacial score (nSPS) is 34.6. The van der Waals surface area contributed by atoms with Gasteiger partial charge in [0.2, 0.25) is 0 Å². The molecule has 0 saturated heterocycles. The molecular formula is C17H34N2O. The van der Waals surface area contributed by atoms with Crippen LogP contribution in [-0.4, -0.2) is 18.2 Å². The first-order chi connectivity index (χ1) is 9.72. The molecule has 0 amide bonds. The molecule has 0 aromatic heterocycles. The highest BCUT2D eigenvalue weighted by Gasteiger charge is 2.44. The Labute approximate surface area is 125 Å². The fraction of sp³-hybridized carbons (Fsp3) is 1.00. The summed E-state index contributed by atoms with van der Waals surface area (Å²) >= 11 is 0. The maximum atomic E-state index is 6.32. The maximum absolute atomic E-state index is 6.32. The van der Waals surface area contributed by atoms with Gasteiger partial charge in [0, 0.05) is 6.61 Å². The average Bonchev–Trinajstić information content (AvgIpc) is 2.72. The first kappa shape index (κ1) is 16.3. The topological polar surface area (TPSA) is 47.3 Å². The minimum atomic E-state index is -0.00891. The number of hydrogen-bond acceptors (Lipinski definition) is 3. The molecule has 2 rings (SSSR count). The molecule has 0 bridgehead atoms. The van der Waals surface area contributed by atoms with Crippen LogP contribution in [0.25, 0.3) is 0 Å². The zero-order chi connectivity index (χ0) is 14.4. The van der Waals surface area contributed by atoms with Crippen LogP contribution in [0.15, 0.2) is 0 Å². The van der Waals surface area contributed by atoms with Gasteiger partial charge < -0.3 is 4.74 Å². The summed E-state index contributed by atoms with van der Waals surface area (Å²) < 4.78 is 6.32. The molecule has 2 aliphatic rings. The molecule has 3 nitrogen and oxygen atoms in total. The smallest absolute Gasteiger partial charge is 0.0850 e. The van der Waals surface area contributed by atoms with Gasteiger partial charge in [-0.3, -0.25) is 11.3 Å². The van der Waals surface area contributed by atoms with Crippen molar-refractivity contribution in [3.8, 4) is 0 Å². The molecule has 3 N–H and O–H groups in total. The third-order valence-electron chi connectivity index (χ3n) is 5.67. The highest BCUT2D eigenvalue weighted by atomic mass is 16.5. The SMILES string of the molecule is CCOC1(C(NN)C2CCCCCC2)CCC(C)CC1. The fourth-order valence-corrected chi connectivity index (χ4v) is 4.45. The van der Waals surface area contributed by atoms with Gasteiger partial charge in [-0.2, -0.15) is 0 Å². The van der Waals surface area contributed by atoms with Gasteiger partial charge in [0.1, 0.15) is 0 Å². The second kappa shape index (κ2) is 7.77.